The fourth-order valence-electron chi connectivity index (χ4n) is 3.38. The van der Waals surface area contributed by atoms with Gasteiger partial charge in [-0.3, -0.25) is 4.98 Å². The molecule has 0 aliphatic carbocycles. The summed E-state index contributed by atoms with van der Waals surface area (Å²) in [5.74, 6) is 0.439. The van der Waals surface area contributed by atoms with Crippen molar-refractivity contribution in [3.8, 4) is 11.3 Å². The summed E-state index contributed by atoms with van der Waals surface area (Å²) in [6, 6.07) is 14.2. The predicted octanol–water partition coefficient (Wildman–Crippen LogP) is 3.30. The van der Waals surface area contributed by atoms with Crippen LogP contribution in [0.2, 0.25) is 0 Å². The Morgan fingerprint density at radius 3 is 2.55 bits per heavy atom. The molecule has 0 saturated heterocycles. The maximum Gasteiger partial charge on any atom is 0.164 e. The molecule has 0 amide bonds. The highest BCUT2D eigenvalue weighted by Crippen LogP contribution is 2.32. The molecule has 7 heteroatoms. The zero-order valence-corrected chi connectivity index (χ0v) is 16.9. The molecular formula is C22H25N7. The highest BCUT2D eigenvalue weighted by molar-refractivity contribution is 5.98. The van der Waals surface area contributed by atoms with Gasteiger partial charge < -0.3 is 11.1 Å². The van der Waals surface area contributed by atoms with Crippen LogP contribution in [0.15, 0.2) is 55.0 Å². The Kier molecular flexibility index (Phi) is 4.98. The lowest BCUT2D eigenvalue weighted by Gasteiger charge is -2.26. The Labute approximate surface area is 170 Å². The lowest BCUT2D eigenvalue weighted by molar-refractivity contribution is 0.309. The van der Waals surface area contributed by atoms with Crippen molar-refractivity contribution in [3.63, 3.8) is 0 Å². The van der Waals surface area contributed by atoms with Gasteiger partial charge in [-0.25, -0.2) is 14.6 Å². The smallest absolute Gasteiger partial charge is 0.164 e. The van der Waals surface area contributed by atoms with Crippen LogP contribution in [0.3, 0.4) is 0 Å². The van der Waals surface area contributed by atoms with E-state index in [4.69, 9.17) is 10.8 Å². The number of aromatic nitrogens is 5. The van der Waals surface area contributed by atoms with Crippen LogP contribution in [0.25, 0.3) is 22.3 Å². The summed E-state index contributed by atoms with van der Waals surface area (Å²) in [6.07, 6.45) is 3.29. The van der Waals surface area contributed by atoms with E-state index in [2.05, 4.69) is 65.3 Å². The number of hydrogen-bond donors (Lipinski definition) is 2. The first-order chi connectivity index (χ1) is 14.0. The third-order valence-electron chi connectivity index (χ3n) is 4.98. The van der Waals surface area contributed by atoms with E-state index >= 15 is 0 Å². The van der Waals surface area contributed by atoms with E-state index in [1.54, 1.807) is 6.20 Å². The second-order valence-electron chi connectivity index (χ2n) is 7.82. The van der Waals surface area contributed by atoms with E-state index in [1.807, 2.05) is 22.9 Å². The molecule has 3 N–H and O–H groups in total. The second kappa shape index (κ2) is 7.60. The minimum absolute atomic E-state index is 0.337. The van der Waals surface area contributed by atoms with Crippen LogP contribution in [0.4, 0.5) is 5.82 Å². The van der Waals surface area contributed by atoms with Crippen LogP contribution >= 0.6 is 0 Å². The first-order valence-electron chi connectivity index (χ1n) is 9.63. The van der Waals surface area contributed by atoms with Crippen molar-refractivity contribution in [2.75, 3.05) is 12.3 Å². The Balaban J connectivity index is 1.69. The van der Waals surface area contributed by atoms with Crippen molar-refractivity contribution < 1.29 is 0 Å². The Hall–Kier alpha value is -3.32. The fraction of sp³-hybridized carbons (Fsp3) is 0.273. The van der Waals surface area contributed by atoms with Crippen molar-refractivity contribution in [1.82, 2.24) is 30.0 Å². The summed E-state index contributed by atoms with van der Waals surface area (Å²) < 4.78 is 1.95. The molecule has 0 spiro atoms. The third-order valence-corrected chi connectivity index (χ3v) is 4.98. The van der Waals surface area contributed by atoms with Gasteiger partial charge in [-0.05, 0) is 32.9 Å². The van der Waals surface area contributed by atoms with Gasteiger partial charge in [0.2, 0.25) is 0 Å². The molecule has 29 heavy (non-hydrogen) atoms. The van der Waals surface area contributed by atoms with E-state index in [1.165, 1.54) is 11.9 Å². The predicted molar refractivity (Wildman–Crippen MR) is 115 cm³/mol. The lowest BCUT2D eigenvalue weighted by Crippen LogP contribution is -2.39. The molecule has 0 atom stereocenters. The van der Waals surface area contributed by atoms with E-state index in [0.29, 0.717) is 18.9 Å². The number of rotatable bonds is 6. The molecule has 0 bridgehead atoms. The summed E-state index contributed by atoms with van der Waals surface area (Å²) in [4.78, 5) is 13.1. The minimum atomic E-state index is -0.337. The number of fused-ring (bicyclic) bond motifs is 1. The Morgan fingerprint density at radius 1 is 1.03 bits per heavy atom. The normalized spacial score (nSPS) is 11.8. The number of nitrogens with two attached hydrogens (primary N) is 1. The number of nitrogens with zero attached hydrogens (tertiary/aromatic N) is 5. The van der Waals surface area contributed by atoms with Crippen LogP contribution in [0.5, 0.6) is 0 Å². The lowest BCUT2D eigenvalue weighted by atomic mass is 10.1. The quantitative estimate of drug-likeness (QED) is 0.527. The highest BCUT2D eigenvalue weighted by atomic mass is 15.4. The van der Waals surface area contributed by atoms with Gasteiger partial charge in [0.05, 0.1) is 16.6 Å². The molecule has 3 heterocycles. The molecule has 0 saturated carbocycles. The van der Waals surface area contributed by atoms with Gasteiger partial charge in [0.25, 0.3) is 0 Å². The molecule has 0 aliphatic heterocycles. The average Bonchev–Trinajstić information content (AvgIpc) is 3.11. The van der Waals surface area contributed by atoms with Crippen molar-refractivity contribution in [2.45, 2.75) is 32.9 Å². The Bertz CT molecular complexity index is 1120. The largest absolute Gasteiger partial charge is 0.383 e. The fourth-order valence-corrected chi connectivity index (χ4v) is 3.38. The number of anilines is 1. The molecule has 148 valence electrons. The number of aryl methyl sites for hydroxylation is 1. The average molecular weight is 387 g/mol. The van der Waals surface area contributed by atoms with Crippen LogP contribution in [-0.2, 0) is 12.1 Å². The van der Waals surface area contributed by atoms with E-state index in [0.717, 1.165) is 28.0 Å². The monoisotopic (exact) mass is 387 g/mol. The zero-order valence-electron chi connectivity index (χ0n) is 16.9. The SMILES string of the molecule is Cc1ccc(-c2nn(C(C)(C)CNCc3ccccn3)c3ncnc(N)c23)cc1. The maximum absolute atomic E-state index is 6.23. The maximum atomic E-state index is 6.23. The number of pyridine rings is 1. The zero-order chi connectivity index (χ0) is 20.4. The summed E-state index contributed by atoms with van der Waals surface area (Å²) >= 11 is 0. The molecule has 3 aromatic heterocycles. The van der Waals surface area contributed by atoms with E-state index in [9.17, 15) is 0 Å². The molecule has 7 nitrogen and oxygen atoms in total. The number of nitrogen functional groups attached to an aromatic ring is 1. The molecule has 4 aromatic rings. The van der Waals surface area contributed by atoms with Crippen LogP contribution in [0, 0.1) is 6.92 Å². The number of benzene rings is 1. The highest BCUT2D eigenvalue weighted by Gasteiger charge is 2.27. The molecule has 0 fully saturated rings. The minimum Gasteiger partial charge on any atom is -0.383 e. The number of hydrogen-bond acceptors (Lipinski definition) is 6. The molecule has 4 rings (SSSR count). The van der Waals surface area contributed by atoms with Gasteiger partial charge >= 0.3 is 0 Å². The van der Waals surface area contributed by atoms with Gasteiger partial charge in [0.1, 0.15) is 17.8 Å². The molecule has 1 aromatic carbocycles. The van der Waals surface area contributed by atoms with Crippen molar-refractivity contribution >= 4 is 16.9 Å². The van der Waals surface area contributed by atoms with Crippen molar-refractivity contribution in [1.29, 1.82) is 0 Å². The van der Waals surface area contributed by atoms with Crippen LogP contribution in [0.1, 0.15) is 25.1 Å². The van der Waals surface area contributed by atoms with Crippen molar-refractivity contribution in [2.24, 2.45) is 0 Å². The first kappa shape index (κ1) is 19.0. The molecule has 0 radical (unpaired) electrons. The summed E-state index contributed by atoms with van der Waals surface area (Å²) in [5, 5.41) is 9.19. The van der Waals surface area contributed by atoms with Gasteiger partial charge in [0, 0.05) is 24.8 Å². The topological polar surface area (TPSA) is 94.5 Å². The molecule has 0 aliphatic rings. The number of nitrogens with one attached hydrogen (secondary N) is 1. The standard InChI is InChI=1S/C22H25N7/c1-15-7-9-16(10-8-15)19-18-20(23)26-14-27-21(18)29(28-19)22(2,3)13-24-12-17-6-4-5-11-25-17/h4-11,14,24H,12-13H2,1-3H3,(H2,23,26,27). The van der Waals surface area contributed by atoms with Crippen LogP contribution in [-0.4, -0.2) is 31.3 Å². The summed E-state index contributed by atoms with van der Waals surface area (Å²) in [7, 11) is 0. The van der Waals surface area contributed by atoms with E-state index in [-0.39, 0.29) is 5.54 Å². The van der Waals surface area contributed by atoms with Gasteiger partial charge in [0.15, 0.2) is 5.65 Å². The van der Waals surface area contributed by atoms with Gasteiger partial charge in [-0.15, -0.1) is 0 Å². The first-order valence-corrected chi connectivity index (χ1v) is 9.63. The Morgan fingerprint density at radius 2 is 1.83 bits per heavy atom. The van der Waals surface area contributed by atoms with Crippen LogP contribution < -0.4 is 11.1 Å². The van der Waals surface area contributed by atoms with E-state index < -0.39 is 0 Å². The third kappa shape index (κ3) is 3.82. The summed E-state index contributed by atoms with van der Waals surface area (Å²) in [5.41, 5.74) is 10.6. The summed E-state index contributed by atoms with van der Waals surface area (Å²) in [6.45, 7) is 7.70. The second-order valence-corrected chi connectivity index (χ2v) is 7.82. The van der Waals surface area contributed by atoms with Gasteiger partial charge in [-0.2, -0.15) is 5.10 Å². The van der Waals surface area contributed by atoms with Crippen molar-refractivity contribution in [3.05, 3.63) is 66.2 Å². The molecule has 0 unspecified atom stereocenters. The molecular weight excluding hydrogens is 362 g/mol. The van der Waals surface area contributed by atoms with Gasteiger partial charge in [-0.1, -0.05) is 35.9 Å².